The van der Waals surface area contributed by atoms with E-state index in [4.69, 9.17) is 0 Å². The second-order valence-electron chi connectivity index (χ2n) is 4.97. The van der Waals surface area contributed by atoms with Crippen LogP contribution in [-0.4, -0.2) is 10.8 Å². The van der Waals surface area contributed by atoms with Crippen molar-refractivity contribution < 1.29 is 4.79 Å². The van der Waals surface area contributed by atoms with Crippen molar-refractivity contribution in [2.45, 2.75) is 13.8 Å². The first kappa shape index (κ1) is 12.5. The molecule has 1 heterocycles. The lowest BCUT2D eigenvalue weighted by Crippen LogP contribution is -2.06. The van der Waals surface area contributed by atoms with Gasteiger partial charge in [0.05, 0.1) is 5.52 Å². The van der Waals surface area contributed by atoms with Crippen molar-refractivity contribution in [1.82, 2.24) is 4.98 Å². The van der Waals surface area contributed by atoms with Crippen LogP contribution in [0.2, 0.25) is 0 Å². The number of hydrogen-bond acceptors (Lipinski definition) is 2. The molecule has 2 aromatic carbocycles. The third-order valence-electron chi connectivity index (χ3n) is 3.68. The molecule has 20 heavy (non-hydrogen) atoms. The quantitative estimate of drug-likeness (QED) is 0.650. The topological polar surface area (TPSA) is 30.0 Å². The molecule has 0 radical (unpaired) electrons. The Hall–Kier alpha value is -2.48. The zero-order valence-corrected chi connectivity index (χ0v) is 11.6. The number of carbonyl (C=O) groups excluding carboxylic acids is 1. The van der Waals surface area contributed by atoms with Crippen LogP contribution in [0.25, 0.3) is 10.9 Å². The van der Waals surface area contributed by atoms with Gasteiger partial charge in [-0.1, -0.05) is 42.5 Å². The molecule has 0 fully saturated rings. The molecule has 3 aromatic rings. The molecule has 0 saturated heterocycles. The van der Waals surface area contributed by atoms with Crippen molar-refractivity contribution in [1.29, 1.82) is 0 Å². The minimum Gasteiger partial charge on any atom is -0.287 e. The Labute approximate surface area is 118 Å². The lowest BCUT2D eigenvalue weighted by atomic mass is 9.98. The summed E-state index contributed by atoms with van der Waals surface area (Å²) in [5, 5.41) is 1.05. The summed E-state index contributed by atoms with van der Waals surface area (Å²) in [7, 11) is 0. The highest BCUT2D eigenvalue weighted by molar-refractivity contribution is 6.09. The number of para-hydroxylation sites is 1. The van der Waals surface area contributed by atoms with Crippen LogP contribution in [0.1, 0.15) is 27.2 Å². The normalized spacial score (nSPS) is 10.7. The Balaban J connectivity index is 2.10. The SMILES string of the molecule is Cc1cccc(C(=O)c2ccc3ccccc3n2)c1C. The predicted octanol–water partition coefficient (Wildman–Crippen LogP) is 4.08. The van der Waals surface area contributed by atoms with Crippen molar-refractivity contribution in [3.8, 4) is 0 Å². The molecule has 0 bridgehead atoms. The van der Waals surface area contributed by atoms with E-state index in [-0.39, 0.29) is 5.78 Å². The molecule has 0 saturated carbocycles. The van der Waals surface area contributed by atoms with Crippen LogP contribution in [0.3, 0.4) is 0 Å². The molecule has 0 amide bonds. The van der Waals surface area contributed by atoms with Gasteiger partial charge in [-0.25, -0.2) is 4.98 Å². The molecule has 0 spiro atoms. The van der Waals surface area contributed by atoms with Crippen LogP contribution in [0.5, 0.6) is 0 Å². The van der Waals surface area contributed by atoms with E-state index in [2.05, 4.69) is 4.98 Å². The minimum atomic E-state index is -0.0167. The summed E-state index contributed by atoms with van der Waals surface area (Å²) in [5.74, 6) is -0.0167. The van der Waals surface area contributed by atoms with Gasteiger partial charge in [0.15, 0.2) is 0 Å². The van der Waals surface area contributed by atoms with Crippen molar-refractivity contribution in [3.05, 3.63) is 77.0 Å². The van der Waals surface area contributed by atoms with Gasteiger partial charge in [-0.2, -0.15) is 0 Å². The molecule has 2 heteroatoms. The van der Waals surface area contributed by atoms with Gasteiger partial charge < -0.3 is 0 Å². The van der Waals surface area contributed by atoms with Crippen molar-refractivity contribution in [3.63, 3.8) is 0 Å². The van der Waals surface area contributed by atoms with Crippen LogP contribution < -0.4 is 0 Å². The third kappa shape index (κ3) is 2.10. The van der Waals surface area contributed by atoms with E-state index < -0.39 is 0 Å². The third-order valence-corrected chi connectivity index (χ3v) is 3.68. The van der Waals surface area contributed by atoms with Crippen LogP contribution in [-0.2, 0) is 0 Å². The number of ketones is 1. The molecule has 0 N–H and O–H groups in total. The van der Waals surface area contributed by atoms with E-state index in [1.807, 2.05) is 62.4 Å². The Morgan fingerprint density at radius 1 is 0.900 bits per heavy atom. The molecule has 2 nitrogen and oxygen atoms in total. The first-order valence-corrected chi connectivity index (χ1v) is 6.63. The van der Waals surface area contributed by atoms with Gasteiger partial charge in [0, 0.05) is 10.9 Å². The first-order chi connectivity index (χ1) is 9.66. The van der Waals surface area contributed by atoms with Crippen molar-refractivity contribution in [2.24, 2.45) is 0 Å². The highest BCUT2D eigenvalue weighted by Crippen LogP contribution is 2.18. The largest absolute Gasteiger partial charge is 0.287 e. The summed E-state index contributed by atoms with van der Waals surface area (Å²) in [6, 6.07) is 17.4. The zero-order chi connectivity index (χ0) is 14.1. The van der Waals surface area contributed by atoms with Gasteiger partial charge in [-0.15, -0.1) is 0 Å². The monoisotopic (exact) mass is 261 g/mol. The lowest BCUT2D eigenvalue weighted by molar-refractivity contribution is 0.103. The lowest BCUT2D eigenvalue weighted by Gasteiger charge is -2.07. The standard InChI is InChI=1S/C18H15NO/c1-12-6-5-8-15(13(12)2)18(20)17-11-10-14-7-3-4-9-16(14)19-17/h3-11H,1-2H3. The van der Waals surface area contributed by atoms with Gasteiger partial charge >= 0.3 is 0 Å². The second kappa shape index (κ2) is 4.89. The summed E-state index contributed by atoms with van der Waals surface area (Å²) in [4.78, 5) is 17.1. The van der Waals surface area contributed by atoms with Crippen LogP contribution in [0, 0.1) is 13.8 Å². The fourth-order valence-corrected chi connectivity index (χ4v) is 2.33. The summed E-state index contributed by atoms with van der Waals surface area (Å²) in [5.41, 5.74) is 4.22. The van der Waals surface area contributed by atoms with E-state index in [0.717, 1.165) is 27.6 Å². The molecule has 0 aliphatic heterocycles. The maximum Gasteiger partial charge on any atom is 0.211 e. The molecule has 1 aromatic heterocycles. The van der Waals surface area contributed by atoms with Crippen LogP contribution >= 0.6 is 0 Å². The Bertz CT molecular complexity index is 805. The summed E-state index contributed by atoms with van der Waals surface area (Å²) >= 11 is 0. The fourth-order valence-electron chi connectivity index (χ4n) is 2.33. The Kier molecular flexibility index (Phi) is 3.07. The van der Waals surface area contributed by atoms with E-state index in [1.165, 1.54) is 0 Å². The maximum absolute atomic E-state index is 12.6. The molecule has 98 valence electrons. The second-order valence-corrected chi connectivity index (χ2v) is 4.97. The van der Waals surface area contributed by atoms with E-state index in [0.29, 0.717) is 5.69 Å². The average Bonchev–Trinajstić information content (AvgIpc) is 2.49. The Morgan fingerprint density at radius 3 is 2.55 bits per heavy atom. The molecule has 0 atom stereocenters. The first-order valence-electron chi connectivity index (χ1n) is 6.63. The fraction of sp³-hybridized carbons (Fsp3) is 0.111. The van der Waals surface area contributed by atoms with E-state index >= 15 is 0 Å². The number of rotatable bonds is 2. The summed E-state index contributed by atoms with van der Waals surface area (Å²) in [6.45, 7) is 3.99. The predicted molar refractivity (Wildman–Crippen MR) is 81.1 cm³/mol. The van der Waals surface area contributed by atoms with Gasteiger partial charge in [0.1, 0.15) is 5.69 Å². The van der Waals surface area contributed by atoms with Crippen LogP contribution in [0.15, 0.2) is 54.6 Å². The number of hydrogen-bond donors (Lipinski definition) is 0. The highest BCUT2D eigenvalue weighted by Gasteiger charge is 2.14. The highest BCUT2D eigenvalue weighted by atomic mass is 16.1. The van der Waals surface area contributed by atoms with Crippen LogP contribution in [0.4, 0.5) is 0 Å². The molecular formula is C18H15NO. The van der Waals surface area contributed by atoms with E-state index in [9.17, 15) is 4.79 Å². The molecule has 0 unspecified atom stereocenters. The van der Waals surface area contributed by atoms with Gasteiger partial charge in [0.2, 0.25) is 5.78 Å². The van der Waals surface area contributed by atoms with Crippen molar-refractivity contribution >= 4 is 16.7 Å². The number of nitrogens with zero attached hydrogens (tertiary/aromatic N) is 1. The molecule has 0 aliphatic carbocycles. The van der Waals surface area contributed by atoms with Crippen molar-refractivity contribution in [2.75, 3.05) is 0 Å². The Morgan fingerprint density at radius 2 is 1.70 bits per heavy atom. The number of aryl methyl sites for hydroxylation is 1. The number of fused-ring (bicyclic) bond motifs is 1. The molecule has 0 aliphatic rings. The number of benzene rings is 2. The number of aromatic nitrogens is 1. The average molecular weight is 261 g/mol. The molecular weight excluding hydrogens is 246 g/mol. The van der Waals surface area contributed by atoms with E-state index in [1.54, 1.807) is 6.07 Å². The maximum atomic E-state index is 12.6. The number of carbonyl (C=O) groups is 1. The summed E-state index contributed by atoms with van der Waals surface area (Å²) in [6.07, 6.45) is 0. The zero-order valence-electron chi connectivity index (χ0n) is 11.6. The van der Waals surface area contributed by atoms with Gasteiger partial charge in [0.25, 0.3) is 0 Å². The van der Waals surface area contributed by atoms with Gasteiger partial charge in [-0.05, 0) is 37.1 Å². The minimum absolute atomic E-state index is 0.0167. The number of pyridine rings is 1. The molecule has 3 rings (SSSR count). The summed E-state index contributed by atoms with van der Waals surface area (Å²) < 4.78 is 0. The van der Waals surface area contributed by atoms with Gasteiger partial charge in [-0.3, -0.25) is 4.79 Å². The smallest absolute Gasteiger partial charge is 0.211 e.